The highest BCUT2D eigenvalue weighted by Crippen LogP contribution is 2.26. The smallest absolute Gasteiger partial charge is 0.338 e. The minimum atomic E-state index is -0.497. The first kappa shape index (κ1) is 13.4. The van der Waals surface area contributed by atoms with E-state index < -0.39 is 12.1 Å². The molecular formula is C15H13ClO3. The molecular weight excluding hydrogens is 264 g/mol. The van der Waals surface area contributed by atoms with Crippen molar-refractivity contribution >= 4 is 17.6 Å². The summed E-state index contributed by atoms with van der Waals surface area (Å²) in [4.78, 5) is 11.9. The zero-order valence-corrected chi connectivity index (χ0v) is 11.1. The molecule has 0 saturated heterocycles. The molecule has 98 valence electrons. The Hall–Kier alpha value is -2.00. The van der Waals surface area contributed by atoms with Crippen molar-refractivity contribution in [1.82, 2.24) is 0 Å². The molecule has 0 saturated carbocycles. The van der Waals surface area contributed by atoms with Crippen LogP contribution in [0.25, 0.3) is 0 Å². The van der Waals surface area contributed by atoms with Gasteiger partial charge in [-0.15, -0.1) is 0 Å². The number of carbonyl (C=O) groups is 1. The summed E-state index contributed by atoms with van der Waals surface area (Å²) in [6.45, 7) is 1.75. The van der Waals surface area contributed by atoms with Crippen molar-refractivity contribution < 1.29 is 14.6 Å². The van der Waals surface area contributed by atoms with E-state index in [-0.39, 0.29) is 5.75 Å². The third-order valence-corrected chi connectivity index (χ3v) is 3.05. The average molecular weight is 277 g/mol. The molecule has 0 aromatic heterocycles. The maximum absolute atomic E-state index is 11.9. The number of phenols is 1. The van der Waals surface area contributed by atoms with Gasteiger partial charge in [-0.25, -0.2) is 4.79 Å². The summed E-state index contributed by atoms with van der Waals surface area (Å²) in [7, 11) is 0. The lowest BCUT2D eigenvalue weighted by Gasteiger charge is -2.15. The molecule has 0 radical (unpaired) electrons. The third-order valence-electron chi connectivity index (χ3n) is 2.71. The Labute approximate surface area is 116 Å². The summed E-state index contributed by atoms with van der Waals surface area (Å²) >= 11 is 6.04. The van der Waals surface area contributed by atoms with Gasteiger partial charge in [0.15, 0.2) is 0 Å². The van der Waals surface area contributed by atoms with E-state index in [4.69, 9.17) is 16.3 Å². The van der Waals surface area contributed by atoms with Gasteiger partial charge in [-0.3, -0.25) is 0 Å². The van der Waals surface area contributed by atoms with Crippen LogP contribution in [0.3, 0.4) is 0 Å². The molecule has 0 aliphatic rings. The molecule has 0 bridgehead atoms. The van der Waals surface area contributed by atoms with Gasteiger partial charge in [0.25, 0.3) is 0 Å². The summed E-state index contributed by atoms with van der Waals surface area (Å²) < 4.78 is 5.32. The van der Waals surface area contributed by atoms with Crippen LogP contribution in [0.2, 0.25) is 5.02 Å². The van der Waals surface area contributed by atoms with Crippen molar-refractivity contribution in [2.75, 3.05) is 0 Å². The van der Waals surface area contributed by atoms with Gasteiger partial charge >= 0.3 is 5.97 Å². The lowest BCUT2D eigenvalue weighted by Crippen LogP contribution is -2.09. The standard InChI is InChI=1S/C15H13ClO3/c1-10(13-7-2-3-8-14(13)16)19-15(18)11-5-4-6-12(17)9-11/h2-10,17H,1H3/t10-/m1/s1. The minimum absolute atomic E-state index is 0.0276. The zero-order valence-electron chi connectivity index (χ0n) is 10.3. The van der Waals surface area contributed by atoms with Crippen LogP contribution in [-0.2, 0) is 4.74 Å². The monoisotopic (exact) mass is 276 g/mol. The second-order valence-corrected chi connectivity index (χ2v) is 4.53. The molecule has 0 heterocycles. The van der Waals surface area contributed by atoms with Crippen molar-refractivity contribution in [2.24, 2.45) is 0 Å². The van der Waals surface area contributed by atoms with Gasteiger partial charge in [-0.1, -0.05) is 35.9 Å². The molecule has 4 heteroatoms. The molecule has 2 rings (SSSR count). The van der Waals surface area contributed by atoms with E-state index in [0.717, 1.165) is 5.56 Å². The second kappa shape index (κ2) is 5.76. The van der Waals surface area contributed by atoms with Crippen molar-refractivity contribution in [3.05, 3.63) is 64.7 Å². The number of hydrogen-bond acceptors (Lipinski definition) is 3. The van der Waals surface area contributed by atoms with Gasteiger partial charge in [0, 0.05) is 10.6 Å². The number of halogens is 1. The molecule has 0 aliphatic heterocycles. The van der Waals surface area contributed by atoms with Crippen LogP contribution in [0.5, 0.6) is 5.75 Å². The fraction of sp³-hybridized carbons (Fsp3) is 0.133. The molecule has 2 aromatic carbocycles. The van der Waals surface area contributed by atoms with Gasteiger partial charge in [0.2, 0.25) is 0 Å². The van der Waals surface area contributed by atoms with Crippen LogP contribution in [-0.4, -0.2) is 11.1 Å². The number of benzene rings is 2. The highest BCUT2D eigenvalue weighted by atomic mass is 35.5. The minimum Gasteiger partial charge on any atom is -0.508 e. The number of phenolic OH excluding ortho intramolecular Hbond substituents is 1. The quantitative estimate of drug-likeness (QED) is 0.863. The van der Waals surface area contributed by atoms with Crippen molar-refractivity contribution in [3.63, 3.8) is 0 Å². The van der Waals surface area contributed by atoms with E-state index in [1.165, 1.54) is 12.1 Å². The lowest BCUT2D eigenvalue weighted by atomic mass is 10.1. The first-order chi connectivity index (χ1) is 9.08. The molecule has 0 amide bonds. The number of esters is 1. The fourth-order valence-electron chi connectivity index (χ4n) is 1.73. The summed E-state index contributed by atoms with van der Waals surface area (Å²) in [5.74, 6) is -0.469. The Kier molecular flexibility index (Phi) is 4.07. The van der Waals surface area contributed by atoms with Crippen LogP contribution in [0, 0.1) is 0 Å². The topological polar surface area (TPSA) is 46.5 Å². The first-order valence-corrected chi connectivity index (χ1v) is 6.20. The van der Waals surface area contributed by atoms with E-state index in [9.17, 15) is 9.90 Å². The van der Waals surface area contributed by atoms with Crippen LogP contribution >= 0.6 is 11.6 Å². The van der Waals surface area contributed by atoms with Gasteiger partial charge in [-0.05, 0) is 31.2 Å². The Morgan fingerprint density at radius 2 is 1.95 bits per heavy atom. The number of aromatic hydroxyl groups is 1. The van der Waals surface area contributed by atoms with Crippen molar-refractivity contribution in [2.45, 2.75) is 13.0 Å². The van der Waals surface area contributed by atoms with E-state index in [0.29, 0.717) is 10.6 Å². The number of rotatable bonds is 3. The van der Waals surface area contributed by atoms with Gasteiger partial charge in [-0.2, -0.15) is 0 Å². The molecule has 2 aromatic rings. The van der Waals surface area contributed by atoms with Crippen LogP contribution in [0.1, 0.15) is 28.9 Å². The molecule has 3 nitrogen and oxygen atoms in total. The van der Waals surface area contributed by atoms with E-state index in [2.05, 4.69) is 0 Å². The Morgan fingerprint density at radius 1 is 1.21 bits per heavy atom. The van der Waals surface area contributed by atoms with Crippen LogP contribution in [0.4, 0.5) is 0 Å². The fourth-order valence-corrected chi connectivity index (χ4v) is 2.02. The highest BCUT2D eigenvalue weighted by Gasteiger charge is 2.15. The molecule has 0 fully saturated rings. The summed E-state index contributed by atoms with van der Waals surface area (Å²) in [5, 5.41) is 9.88. The summed E-state index contributed by atoms with van der Waals surface area (Å²) in [5.41, 5.74) is 1.05. The molecule has 1 N–H and O–H groups in total. The number of ether oxygens (including phenoxy) is 1. The van der Waals surface area contributed by atoms with Gasteiger partial charge in [0.05, 0.1) is 5.56 Å². The van der Waals surface area contributed by atoms with Crippen molar-refractivity contribution in [3.8, 4) is 5.75 Å². The van der Waals surface area contributed by atoms with Gasteiger partial charge in [0.1, 0.15) is 11.9 Å². The Bertz CT molecular complexity index is 595. The lowest BCUT2D eigenvalue weighted by molar-refractivity contribution is 0.0337. The van der Waals surface area contributed by atoms with Crippen LogP contribution in [0.15, 0.2) is 48.5 Å². The van der Waals surface area contributed by atoms with Crippen LogP contribution < -0.4 is 0 Å². The molecule has 19 heavy (non-hydrogen) atoms. The summed E-state index contributed by atoms with van der Waals surface area (Å²) in [6.07, 6.45) is -0.455. The highest BCUT2D eigenvalue weighted by molar-refractivity contribution is 6.31. The number of carbonyl (C=O) groups excluding carboxylic acids is 1. The Morgan fingerprint density at radius 3 is 2.63 bits per heavy atom. The summed E-state index contributed by atoms with van der Waals surface area (Å²) in [6, 6.07) is 13.2. The maximum Gasteiger partial charge on any atom is 0.338 e. The second-order valence-electron chi connectivity index (χ2n) is 4.12. The van der Waals surface area contributed by atoms with E-state index >= 15 is 0 Å². The molecule has 0 spiro atoms. The largest absolute Gasteiger partial charge is 0.508 e. The Balaban J connectivity index is 2.13. The number of hydrogen-bond donors (Lipinski definition) is 1. The van der Waals surface area contributed by atoms with E-state index in [1.54, 1.807) is 25.1 Å². The zero-order chi connectivity index (χ0) is 13.8. The van der Waals surface area contributed by atoms with Crippen molar-refractivity contribution in [1.29, 1.82) is 0 Å². The molecule has 0 unspecified atom stereocenters. The SMILES string of the molecule is C[C@@H](OC(=O)c1cccc(O)c1)c1ccccc1Cl. The third kappa shape index (κ3) is 3.26. The van der Waals surface area contributed by atoms with E-state index in [1.807, 2.05) is 18.2 Å². The average Bonchev–Trinajstić information content (AvgIpc) is 2.39. The predicted molar refractivity (Wildman–Crippen MR) is 73.4 cm³/mol. The maximum atomic E-state index is 11.9. The van der Waals surface area contributed by atoms with Gasteiger partial charge < -0.3 is 9.84 Å². The predicted octanol–water partition coefficient (Wildman–Crippen LogP) is 3.96. The normalized spacial score (nSPS) is 11.9. The first-order valence-electron chi connectivity index (χ1n) is 5.82. The molecule has 1 atom stereocenters. The molecule has 0 aliphatic carbocycles.